The highest BCUT2D eigenvalue weighted by atomic mass is 16.1. The lowest BCUT2D eigenvalue weighted by molar-refractivity contribution is 0.0881. The van der Waals surface area contributed by atoms with Crippen LogP contribution in [0, 0.1) is 0 Å². The van der Waals surface area contributed by atoms with Crippen molar-refractivity contribution in [2.45, 2.75) is 69.5 Å². The van der Waals surface area contributed by atoms with Gasteiger partial charge in [-0.15, -0.1) is 0 Å². The van der Waals surface area contributed by atoms with Gasteiger partial charge in [0.05, 0.1) is 0 Å². The zero-order valence-electron chi connectivity index (χ0n) is 13.5. The summed E-state index contributed by atoms with van der Waals surface area (Å²) < 4.78 is 0. The molecule has 0 spiro atoms. The third kappa shape index (κ3) is 2.45. The summed E-state index contributed by atoms with van der Waals surface area (Å²) in [5.74, 6) is 0.160. The summed E-state index contributed by atoms with van der Waals surface area (Å²) in [6.45, 7) is 0. The standard InChI is InChI=1S/C19H26N2O/c1-21-15-9-10-16(21)12-14(11-15)20-19(22)18-8-4-6-13-5-2-3-7-17(13)18/h4,6,8,14-16H,2-3,5,7,9-12H2,1H3,(H,20,22)/t14-,15-,16+. The fourth-order valence-corrected chi connectivity index (χ4v) is 4.79. The first kappa shape index (κ1) is 14.3. The second-order valence-electron chi connectivity index (χ2n) is 7.34. The van der Waals surface area contributed by atoms with Gasteiger partial charge >= 0.3 is 0 Å². The van der Waals surface area contributed by atoms with E-state index in [2.05, 4.69) is 29.4 Å². The minimum atomic E-state index is 0.160. The van der Waals surface area contributed by atoms with Crippen LogP contribution < -0.4 is 5.32 Å². The van der Waals surface area contributed by atoms with Crippen LogP contribution in [0.15, 0.2) is 18.2 Å². The van der Waals surface area contributed by atoms with Crippen LogP contribution in [0.1, 0.15) is 60.0 Å². The largest absolute Gasteiger partial charge is 0.349 e. The van der Waals surface area contributed by atoms with Gasteiger partial charge in [-0.25, -0.2) is 0 Å². The van der Waals surface area contributed by atoms with Crippen LogP contribution in [0.2, 0.25) is 0 Å². The second kappa shape index (κ2) is 5.69. The molecule has 0 radical (unpaired) electrons. The van der Waals surface area contributed by atoms with Crippen LogP contribution in [-0.2, 0) is 12.8 Å². The Morgan fingerprint density at radius 2 is 1.86 bits per heavy atom. The maximum absolute atomic E-state index is 12.8. The molecule has 2 heterocycles. The predicted octanol–water partition coefficient (Wildman–Crippen LogP) is 2.92. The minimum Gasteiger partial charge on any atom is -0.349 e. The molecule has 2 aliphatic heterocycles. The molecule has 118 valence electrons. The van der Waals surface area contributed by atoms with E-state index in [1.165, 1.54) is 36.8 Å². The summed E-state index contributed by atoms with van der Waals surface area (Å²) in [5, 5.41) is 3.34. The highest BCUT2D eigenvalue weighted by molar-refractivity contribution is 5.96. The lowest BCUT2D eigenvalue weighted by Gasteiger charge is -2.36. The van der Waals surface area contributed by atoms with Crippen LogP contribution in [0.25, 0.3) is 0 Å². The highest BCUT2D eigenvalue weighted by Crippen LogP contribution is 2.34. The number of piperidine rings is 1. The van der Waals surface area contributed by atoms with E-state index in [1.54, 1.807) is 0 Å². The highest BCUT2D eigenvalue weighted by Gasteiger charge is 2.39. The molecule has 0 unspecified atom stereocenters. The molecule has 1 aliphatic carbocycles. The molecule has 1 aromatic rings. The van der Waals surface area contributed by atoms with Crippen LogP contribution >= 0.6 is 0 Å². The summed E-state index contributed by atoms with van der Waals surface area (Å²) in [7, 11) is 2.24. The maximum atomic E-state index is 12.8. The van der Waals surface area contributed by atoms with E-state index in [0.717, 1.165) is 31.2 Å². The number of nitrogens with zero attached hydrogens (tertiary/aromatic N) is 1. The van der Waals surface area contributed by atoms with E-state index >= 15 is 0 Å². The van der Waals surface area contributed by atoms with Crippen LogP contribution in [0.3, 0.4) is 0 Å². The van der Waals surface area contributed by atoms with Crippen molar-refractivity contribution in [1.29, 1.82) is 0 Å². The normalized spacial score (nSPS) is 30.9. The summed E-state index contributed by atoms with van der Waals surface area (Å²) in [6, 6.07) is 7.98. The minimum absolute atomic E-state index is 0.160. The molecular formula is C19H26N2O. The lowest BCUT2D eigenvalue weighted by Crippen LogP contribution is -2.48. The molecule has 3 nitrogen and oxygen atoms in total. The average Bonchev–Trinajstić information content (AvgIpc) is 2.75. The number of carbonyl (C=O) groups is 1. The number of nitrogens with one attached hydrogen (secondary N) is 1. The smallest absolute Gasteiger partial charge is 0.251 e. The molecule has 0 aromatic heterocycles. The first-order chi connectivity index (χ1) is 10.7. The Morgan fingerprint density at radius 3 is 2.64 bits per heavy atom. The summed E-state index contributed by atoms with van der Waals surface area (Å²) in [6.07, 6.45) is 9.52. The van der Waals surface area contributed by atoms with Gasteiger partial charge in [-0.2, -0.15) is 0 Å². The molecule has 1 amide bonds. The molecule has 3 atom stereocenters. The number of benzene rings is 1. The number of carbonyl (C=O) groups excluding carboxylic acids is 1. The molecule has 2 bridgehead atoms. The third-order valence-electron chi connectivity index (χ3n) is 6.07. The van der Waals surface area contributed by atoms with Crippen molar-refractivity contribution in [1.82, 2.24) is 10.2 Å². The van der Waals surface area contributed by atoms with Gasteiger partial charge < -0.3 is 10.2 Å². The molecule has 22 heavy (non-hydrogen) atoms. The molecule has 1 aromatic carbocycles. The quantitative estimate of drug-likeness (QED) is 0.910. The van der Waals surface area contributed by atoms with Gasteiger partial charge in [0.2, 0.25) is 0 Å². The Morgan fingerprint density at radius 1 is 1.14 bits per heavy atom. The third-order valence-corrected chi connectivity index (χ3v) is 6.07. The number of amides is 1. The van der Waals surface area contributed by atoms with E-state index in [4.69, 9.17) is 0 Å². The maximum Gasteiger partial charge on any atom is 0.251 e. The van der Waals surface area contributed by atoms with E-state index in [-0.39, 0.29) is 5.91 Å². The summed E-state index contributed by atoms with van der Waals surface area (Å²) in [5.41, 5.74) is 3.63. The zero-order valence-corrected chi connectivity index (χ0v) is 13.5. The molecule has 2 saturated heterocycles. The number of hydrogen-bond acceptors (Lipinski definition) is 2. The Labute approximate surface area is 133 Å². The van der Waals surface area contributed by atoms with Crippen molar-refractivity contribution in [2.75, 3.05) is 7.05 Å². The lowest BCUT2D eigenvalue weighted by atomic mass is 9.87. The monoisotopic (exact) mass is 298 g/mol. The van der Waals surface area contributed by atoms with Crippen LogP contribution in [0.5, 0.6) is 0 Å². The Kier molecular flexibility index (Phi) is 3.69. The van der Waals surface area contributed by atoms with E-state index < -0.39 is 0 Å². The second-order valence-corrected chi connectivity index (χ2v) is 7.34. The Balaban J connectivity index is 1.49. The fourth-order valence-electron chi connectivity index (χ4n) is 4.79. The average molecular weight is 298 g/mol. The summed E-state index contributed by atoms with van der Waals surface area (Å²) >= 11 is 0. The number of fused-ring (bicyclic) bond motifs is 3. The molecule has 3 heteroatoms. The molecule has 3 aliphatic rings. The first-order valence-corrected chi connectivity index (χ1v) is 8.86. The van der Waals surface area contributed by atoms with Gasteiger partial charge in [0.25, 0.3) is 5.91 Å². The molecule has 2 fully saturated rings. The van der Waals surface area contributed by atoms with Gasteiger partial charge in [-0.3, -0.25) is 4.79 Å². The number of hydrogen-bond donors (Lipinski definition) is 1. The first-order valence-electron chi connectivity index (χ1n) is 8.86. The van der Waals surface area contributed by atoms with E-state index in [0.29, 0.717) is 18.1 Å². The Bertz CT molecular complexity index is 569. The van der Waals surface area contributed by atoms with E-state index in [1.807, 2.05) is 6.07 Å². The molecule has 4 rings (SSSR count). The Hall–Kier alpha value is -1.35. The van der Waals surface area contributed by atoms with Crippen molar-refractivity contribution in [3.05, 3.63) is 34.9 Å². The molecule has 0 saturated carbocycles. The fraction of sp³-hybridized carbons (Fsp3) is 0.632. The van der Waals surface area contributed by atoms with Crippen molar-refractivity contribution in [3.8, 4) is 0 Å². The van der Waals surface area contributed by atoms with Gasteiger partial charge in [0.15, 0.2) is 0 Å². The van der Waals surface area contributed by atoms with Crippen molar-refractivity contribution < 1.29 is 4.79 Å². The molecule has 1 N–H and O–H groups in total. The van der Waals surface area contributed by atoms with Gasteiger partial charge in [-0.05, 0) is 75.6 Å². The molecular weight excluding hydrogens is 272 g/mol. The topological polar surface area (TPSA) is 32.3 Å². The SMILES string of the molecule is CN1[C@@H]2CC[C@H]1C[C@H](NC(=O)c1cccc3c1CCCC3)C2. The summed E-state index contributed by atoms with van der Waals surface area (Å²) in [4.78, 5) is 15.3. The van der Waals surface area contributed by atoms with Crippen LogP contribution in [-0.4, -0.2) is 36.0 Å². The zero-order chi connectivity index (χ0) is 15.1. The number of aryl methyl sites for hydroxylation is 1. The van der Waals surface area contributed by atoms with Crippen molar-refractivity contribution in [2.24, 2.45) is 0 Å². The van der Waals surface area contributed by atoms with Gasteiger partial charge in [0.1, 0.15) is 0 Å². The van der Waals surface area contributed by atoms with Gasteiger partial charge in [-0.1, -0.05) is 12.1 Å². The van der Waals surface area contributed by atoms with E-state index in [9.17, 15) is 4.79 Å². The number of rotatable bonds is 2. The predicted molar refractivity (Wildman–Crippen MR) is 88.1 cm³/mol. The van der Waals surface area contributed by atoms with Crippen LogP contribution in [0.4, 0.5) is 0 Å². The van der Waals surface area contributed by atoms with Crippen molar-refractivity contribution >= 4 is 5.91 Å². The van der Waals surface area contributed by atoms with Gasteiger partial charge in [0, 0.05) is 23.7 Å². The van der Waals surface area contributed by atoms with Crippen molar-refractivity contribution in [3.63, 3.8) is 0 Å².